The van der Waals surface area contributed by atoms with Crippen LogP contribution < -0.4 is 0 Å². The quantitative estimate of drug-likeness (QED) is 0.466. The van der Waals surface area contributed by atoms with E-state index in [0.29, 0.717) is 0 Å². The summed E-state index contributed by atoms with van der Waals surface area (Å²) in [6.07, 6.45) is 5.11. The van der Waals surface area contributed by atoms with Crippen LogP contribution in [0.4, 0.5) is 0 Å². The third-order valence-corrected chi connectivity index (χ3v) is 1.20. The number of rotatable bonds is 2. The van der Waals surface area contributed by atoms with Crippen molar-refractivity contribution in [3.05, 3.63) is 67.8 Å². The van der Waals surface area contributed by atoms with Gasteiger partial charge in [-0.25, -0.2) is 0 Å². The molecule has 0 aromatic heterocycles. The second-order valence-corrected chi connectivity index (χ2v) is 2.09. The van der Waals surface area contributed by atoms with E-state index in [-0.39, 0.29) is 18.9 Å². The minimum absolute atomic E-state index is 0. The van der Waals surface area contributed by atoms with Gasteiger partial charge in [-0.1, -0.05) is 68.3 Å². The summed E-state index contributed by atoms with van der Waals surface area (Å²) in [5.74, 6) is 0. The van der Waals surface area contributed by atoms with E-state index in [4.69, 9.17) is 0 Å². The topological polar surface area (TPSA) is 0 Å². The van der Waals surface area contributed by atoms with Crippen molar-refractivity contribution >= 4 is 24.9 Å². The molecule has 13 heavy (non-hydrogen) atoms. The molecule has 0 fully saturated rings. The fourth-order valence-corrected chi connectivity index (χ4v) is 0.589. The Labute approximate surface area is 92.9 Å². The molecular weight excluding hydrogens is 151 g/mol. The van der Waals surface area contributed by atoms with E-state index >= 15 is 0 Å². The Morgan fingerprint density at radius 2 is 1.31 bits per heavy atom. The average molecular weight is 165 g/mol. The van der Waals surface area contributed by atoms with Gasteiger partial charge in [0.2, 0.25) is 0 Å². The second kappa shape index (κ2) is 11.0. The van der Waals surface area contributed by atoms with E-state index in [1.807, 2.05) is 36.4 Å². The first kappa shape index (κ1) is 14.6. The molecule has 0 aliphatic heterocycles. The van der Waals surface area contributed by atoms with Gasteiger partial charge in [-0.3, -0.25) is 0 Å². The monoisotopic (exact) mass is 165 g/mol. The van der Waals surface area contributed by atoms with Gasteiger partial charge in [-0.15, -0.1) is 0 Å². The maximum Gasteiger partial charge on any atom is 0 e. The molecular formula is C12H14Li. The van der Waals surface area contributed by atoms with Crippen molar-refractivity contribution in [1.29, 1.82) is 0 Å². The van der Waals surface area contributed by atoms with Crippen molar-refractivity contribution in [2.75, 3.05) is 0 Å². The molecule has 0 heterocycles. The van der Waals surface area contributed by atoms with E-state index in [1.165, 1.54) is 5.56 Å². The van der Waals surface area contributed by atoms with Crippen molar-refractivity contribution in [2.24, 2.45) is 0 Å². The molecule has 0 saturated carbocycles. The Kier molecular flexibility index (Phi) is 12.4. The second-order valence-electron chi connectivity index (χ2n) is 2.09. The zero-order valence-electron chi connectivity index (χ0n) is 8.24. The van der Waals surface area contributed by atoms with Crippen LogP contribution in [-0.4, -0.2) is 18.9 Å². The molecule has 0 N–H and O–H groups in total. The Morgan fingerprint density at radius 1 is 0.846 bits per heavy atom. The van der Waals surface area contributed by atoms with Crippen LogP contribution in [0.15, 0.2) is 62.2 Å². The molecule has 1 aromatic rings. The first-order chi connectivity index (χ1) is 5.85. The van der Waals surface area contributed by atoms with Crippen molar-refractivity contribution in [3.8, 4) is 0 Å². The third kappa shape index (κ3) is 8.95. The molecule has 1 aromatic carbocycles. The Bertz CT molecular complexity index is 231. The van der Waals surface area contributed by atoms with Crippen LogP contribution in [0.5, 0.6) is 0 Å². The molecule has 0 unspecified atom stereocenters. The number of allylic oxidation sites excluding steroid dienone is 2. The summed E-state index contributed by atoms with van der Waals surface area (Å²) in [5, 5.41) is 0. The molecule has 0 saturated heterocycles. The van der Waals surface area contributed by atoms with Gasteiger partial charge in [0.25, 0.3) is 0 Å². The minimum Gasteiger partial charge on any atom is -0.0991 e. The van der Waals surface area contributed by atoms with E-state index in [0.717, 1.165) is 0 Å². The van der Waals surface area contributed by atoms with Gasteiger partial charge in [0, 0.05) is 18.9 Å². The SMILES string of the molecule is C=CC=C.C=Cc1ccccc1.[Li]. The molecule has 0 atom stereocenters. The summed E-state index contributed by atoms with van der Waals surface area (Å²) in [5.41, 5.74) is 1.17. The first-order valence-corrected chi connectivity index (χ1v) is 3.76. The van der Waals surface area contributed by atoms with E-state index in [9.17, 15) is 0 Å². The summed E-state index contributed by atoms with van der Waals surface area (Å²) in [6, 6.07) is 10.0. The largest absolute Gasteiger partial charge is 0.0991 e. The summed E-state index contributed by atoms with van der Waals surface area (Å²) in [4.78, 5) is 0. The maximum atomic E-state index is 3.63. The minimum atomic E-state index is 0. The summed E-state index contributed by atoms with van der Waals surface area (Å²) in [7, 11) is 0. The Balaban J connectivity index is 0. The van der Waals surface area contributed by atoms with Crippen molar-refractivity contribution in [3.63, 3.8) is 0 Å². The molecule has 1 radical (unpaired) electrons. The van der Waals surface area contributed by atoms with Crippen LogP contribution >= 0.6 is 0 Å². The van der Waals surface area contributed by atoms with Gasteiger partial charge in [0.15, 0.2) is 0 Å². The van der Waals surface area contributed by atoms with Crippen molar-refractivity contribution < 1.29 is 0 Å². The summed E-state index contributed by atoms with van der Waals surface area (Å²) in [6.45, 7) is 10.4. The third-order valence-electron chi connectivity index (χ3n) is 1.20. The Hall–Kier alpha value is -0.963. The average Bonchev–Trinajstić information content (AvgIpc) is 2.19. The van der Waals surface area contributed by atoms with Crippen LogP contribution in [0.1, 0.15) is 5.56 Å². The maximum absolute atomic E-state index is 3.63. The van der Waals surface area contributed by atoms with Gasteiger partial charge in [0.05, 0.1) is 0 Å². The molecule has 63 valence electrons. The number of hydrogen-bond acceptors (Lipinski definition) is 0. The summed E-state index contributed by atoms with van der Waals surface area (Å²) >= 11 is 0. The van der Waals surface area contributed by atoms with Crippen molar-refractivity contribution in [1.82, 2.24) is 0 Å². The van der Waals surface area contributed by atoms with Crippen LogP contribution in [0.2, 0.25) is 0 Å². The van der Waals surface area contributed by atoms with Gasteiger partial charge in [0.1, 0.15) is 0 Å². The van der Waals surface area contributed by atoms with Crippen LogP contribution in [0.25, 0.3) is 6.08 Å². The standard InChI is InChI=1S/C8H8.C4H6.Li/c1-2-8-6-4-3-5-7-8;1-3-4-2;/h2-7H,1H2;3-4H,1-2H2;. The van der Waals surface area contributed by atoms with E-state index in [1.54, 1.807) is 12.2 Å². The van der Waals surface area contributed by atoms with Gasteiger partial charge >= 0.3 is 0 Å². The van der Waals surface area contributed by atoms with Gasteiger partial charge in [-0.2, -0.15) is 0 Å². The number of hydrogen-bond donors (Lipinski definition) is 0. The predicted molar refractivity (Wildman–Crippen MR) is 62.7 cm³/mol. The molecule has 0 bridgehead atoms. The fourth-order valence-electron chi connectivity index (χ4n) is 0.589. The van der Waals surface area contributed by atoms with Gasteiger partial charge in [-0.05, 0) is 5.56 Å². The molecule has 0 spiro atoms. The smallest absolute Gasteiger partial charge is 0 e. The van der Waals surface area contributed by atoms with Gasteiger partial charge < -0.3 is 0 Å². The summed E-state index contributed by atoms with van der Waals surface area (Å²) < 4.78 is 0. The zero-order chi connectivity index (χ0) is 9.23. The molecule has 1 rings (SSSR count). The zero-order valence-corrected chi connectivity index (χ0v) is 8.24. The van der Waals surface area contributed by atoms with E-state index < -0.39 is 0 Å². The normalized spacial score (nSPS) is 6.77. The van der Waals surface area contributed by atoms with E-state index in [2.05, 4.69) is 19.7 Å². The van der Waals surface area contributed by atoms with Crippen molar-refractivity contribution in [2.45, 2.75) is 0 Å². The molecule has 0 aliphatic rings. The molecule has 0 aliphatic carbocycles. The van der Waals surface area contributed by atoms with Crippen LogP contribution in [-0.2, 0) is 0 Å². The van der Waals surface area contributed by atoms with Crippen LogP contribution in [0, 0.1) is 0 Å². The molecule has 0 nitrogen and oxygen atoms in total. The van der Waals surface area contributed by atoms with Crippen LogP contribution in [0.3, 0.4) is 0 Å². The fraction of sp³-hybridized carbons (Fsp3) is 0. The first-order valence-electron chi connectivity index (χ1n) is 3.76. The molecule has 1 heteroatoms. The Morgan fingerprint density at radius 3 is 1.54 bits per heavy atom. The molecule has 0 amide bonds. The number of benzene rings is 1. The predicted octanol–water partition coefficient (Wildman–Crippen LogP) is 3.31.